The van der Waals surface area contributed by atoms with Crippen LogP contribution < -0.4 is 19.7 Å². The number of hydrogen-bond acceptors (Lipinski definition) is 5. The van der Waals surface area contributed by atoms with Crippen molar-refractivity contribution in [1.82, 2.24) is 5.32 Å². The number of aryl methyl sites for hydroxylation is 1. The number of barbiturate groups is 1. The lowest BCUT2D eigenvalue weighted by Gasteiger charge is -2.26. The van der Waals surface area contributed by atoms with Gasteiger partial charge in [-0.3, -0.25) is 14.9 Å². The third-order valence-corrected chi connectivity index (χ3v) is 5.55. The van der Waals surface area contributed by atoms with Gasteiger partial charge in [0.15, 0.2) is 11.5 Å². The Morgan fingerprint density at radius 1 is 1.19 bits per heavy atom. The topological polar surface area (TPSA) is 84.9 Å². The van der Waals surface area contributed by atoms with Crippen molar-refractivity contribution in [2.24, 2.45) is 0 Å². The Kier molecular flexibility index (Phi) is 6.82. The predicted molar refractivity (Wildman–Crippen MR) is 122 cm³/mol. The molecule has 0 bridgehead atoms. The number of nitrogens with one attached hydrogen (secondary N) is 1. The van der Waals surface area contributed by atoms with E-state index in [9.17, 15) is 14.4 Å². The maximum Gasteiger partial charge on any atom is 0.335 e. The van der Waals surface area contributed by atoms with Crippen LogP contribution in [-0.2, 0) is 9.59 Å². The van der Waals surface area contributed by atoms with Crippen molar-refractivity contribution in [3.8, 4) is 11.5 Å². The van der Waals surface area contributed by atoms with Crippen molar-refractivity contribution in [2.75, 3.05) is 18.6 Å². The van der Waals surface area contributed by atoms with Crippen LogP contribution >= 0.6 is 27.5 Å². The van der Waals surface area contributed by atoms with Gasteiger partial charge in [0, 0.05) is 9.50 Å². The van der Waals surface area contributed by atoms with E-state index < -0.39 is 17.8 Å². The van der Waals surface area contributed by atoms with Crippen molar-refractivity contribution >= 4 is 57.1 Å². The van der Waals surface area contributed by atoms with E-state index in [0.29, 0.717) is 26.6 Å². The molecule has 1 heterocycles. The van der Waals surface area contributed by atoms with Crippen molar-refractivity contribution in [3.63, 3.8) is 0 Å². The molecule has 0 aliphatic carbocycles. The second kappa shape index (κ2) is 9.36. The van der Waals surface area contributed by atoms with Crippen molar-refractivity contribution < 1.29 is 23.9 Å². The van der Waals surface area contributed by atoms with Crippen molar-refractivity contribution in [2.45, 2.75) is 6.92 Å². The number of hydrogen-bond donors (Lipinski definition) is 1. The van der Waals surface area contributed by atoms with Gasteiger partial charge in [0.05, 0.1) is 12.8 Å². The summed E-state index contributed by atoms with van der Waals surface area (Å²) in [6.45, 7) is 5.68. The highest BCUT2D eigenvalue weighted by molar-refractivity contribution is 9.10. The van der Waals surface area contributed by atoms with Gasteiger partial charge < -0.3 is 9.47 Å². The SMILES string of the molecule is C=CCOc1cc(Br)c(/C=C2/C(=O)NC(=O)N(c3ccc(C)c(Cl)c3)C2=O)cc1OC. The molecule has 0 unspecified atom stereocenters. The zero-order valence-electron chi connectivity index (χ0n) is 16.7. The van der Waals surface area contributed by atoms with Gasteiger partial charge in [0.2, 0.25) is 0 Å². The fraction of sp³-hybridized carbons (Fsp3) is 0.136. The Bertz CT molecular complexity index is 1130. The van der Waals surface area contributed by atoms with Crippen LogP contribution in [0.15, 0.2) is 53.0 Å². The molecule has 1 saturated heterocycles. The number of amides is 4. The number of imide groups is 2. The molecule has 31 heavy (non-hydrogen) atoms. The maximum absolute atomic E-state index is 13.1. The Labute approximate surface area is 192 Å². The molecule has 4 amide bonds. The Balaban J connectivity index is 2.03. The van der Waals surface area contributed by atoms with Gasteiger partial charge in [-0.05, 0) is 48.4 Å². The van der Waals surface area contributed by atoms with E-state index >= 15 is 0 Å². The number of urea groups is 1. The van der Waals surface area contributed by atoms with Gasteiger partial charge >= 0.3 is 6.03 Å². The number of halogens is 2. The Morgan fingerprint density at radius 3 is 2.58 bits per heavy atom. The van der Waals surface area contributed by atoms with Crippen LogP contribution in [-0.4, -0.2) is 31.6 Å². The highest BCUT2D eigenvalue weighted by Gasteiger charge is 2.37. The molecule has 160 valence electrons. The fourth-order valence-corrected chi connectivity index (χ4v) is 3.46. The van der Waals surface area contributed by atoms with Crippen LogP contribution in [0.2, 0.25) is 5.02 Å². The van der Waals surface area contributed by atoms with Crippen LogP contribution in [0.4, 0.5) is 10.5 Å². The molecular formula is C22H18BrClN2O5. The third kappa shape index (κ3) is 4.65. The van der Waals surface area contributed by atoms with Crippen molar-refractivity contribution in [3.05, 3.63) is 69.2 Å². The highest BCUT2D eigenvalue weighted by Crippen LogP contribution is 2.35. The molecule has 1 aliphatic rings. The molecule has 0 atom stereocenters. The molecule has 2 aromatic carbocycles. The summed E-state index contributed by atoms with van der Waals surface area (Å²) in [6, 6.07) is 7.17. The Hall–Kier alpha value is -3.10. The molecule has 3 rings (SSSR count). The first-order chi connectivity index (χ1) is 14.8. The molecule has 1 N–H and O–H groups in total. The summed E-state index contributed by atoms with van der Waals surface area (Å²) in [5.41, 5.74) is 1.30. The summed E-state index contributed by atoms with van der Waals surface area (Å²) < 4.78 is 11.4. The minimum atomic E-state index is -0.850. The average molecular weight is 506 g/mol. The first-order valence-electron chi connectivity index (χ1n) is 9.05. The van der Waals surface area contributed by atoms with E-state index in [-0.39, 0.29) is 17.9 Å². The van der Waals surface area contributed by atoms with Gasteiger partial charge in [-0.1, -0.05) is 46.3 Å². The number of ether oxygens (including phenoxy) is 2. The zero-order chi connectivity index (χ0) is 22.7. The lowest BCUT2D eigenvalue weighted by molar-refractivity contribution is -0.122. The lowest BCUT2D eigenvalue weighted by atomic mass is 10.1. The molecule has 7 nitrogen and oxygen atoms in total. The van der Waals surface area contributed by atoms with Crippen molar-refractivity contribution in [1.29, 1.82) is 0 Å². The van der Waals surface area contributed by atoms with Crippen LogP contribution in [0.5, 0.6) is 11.5 Å². The number of carbonyl (C=O) groups is 3. The highest BCUT2D eigenvalue weighted by atomic mass is 79.9. The summed E-state index contributed by atoms with van der Waals surface area (Å²) in [4.78, 5) is 38.7. The molecule has 1 fully saturated rings. The number of carbonyl (C=O) groups excluding carboxylic acids is 3. The quantitative estimate of drug-likeness (QED) is 0.351. The van der Waals surface area contributed by atoms with E-state index in [1.165, 1.54) is 19.3 Å². The van der Waals surface area contributed by atoms with E-state index in [1.54, 1.807) is 37.3 Å². The molecule has 0 spiro atoms. The first kappa shape index (κ1) is 22.6. The first-order valence-corrected chi connectivity index (χ1v) is 10.2. The largest absolute Gasteiger partial charge is 0.493 e. The smallest absolute Gasteiger partial charge is 0.335 e. The number of benzene rings is 2. The molecule has 1 aliphatic heterocycles. The molecule has 0 aromatic heterocycles. The molecular weight excluding hydrogens is 488 g/mol. The monoisotopic (exact) mass is 504 g/mol. The number of nitrogens with zero attached hydrogens (tertiary/aromatic N) is 1. The number of methoxy groups -OCH3 is 1. The van der Waals surface area contributed by atoms with Gasteiger partial charge in [0.25, 0.3) is 11.8 Å². The maximum atomic E-state index is 13.1. The minimum absolute atomic E-state index is 0.223. The molecule has 2 aromatic rings. The van der Waals surface area contributed by atoms with Gasteiger partial charge in [-0.2, -0.15) is 0 Å². The van der Waals surface area contributed by atoms with E-state index in [4.69, 9.17) is 21.1 Å². The van der Waals surface area contributed by atoms with E-state index in [2.05, 4.69) is 27.8 Å². The van der Waals surface area contributed by atoms with E-state index in [1.807, 2.05) is 0 Å². The summed E-state index contributed by atoms with van der Waals surface area (Å²) in [6.07, 6.45) is 2.97. The molecule has 0 radical (unpaired) electrons. The molecule has 9 heteroatoms. The summed E-state index contributed by atoms with van der Waals surface area (Å²) in [5, 5.41) is 2.58. The van der Waals surface area contributed by atoms with Crippen LogP contribution in [0.1, 0.15) is 11.1 Å². The lowest BCUT2D eigenvalue weighted by Crippen LogP contribution is -2.54. The summed E-state index contributed by atoms with van der Waals surface area (Å²) in [7, 11) is 1.47. The average Bonchev–Trinajstić information content (AvgIpc) is 2.73. The molecule has 0 saturated carbocycles. The zero-order valence-corrected chi connectivity index (χ0v) is 19.0. The van der Waals surface area contributed by atoms with E-state index in [0.717, 1.165) is 10.5 Å². The normalized spacial score (nSPS) is 15.2. The Morgan fingerprint density at radius 2 is 1.94 bits per heavy atom. The summed E-state index contributed by atoms with van der Waals surface area (Å²) in [5.74, 6) is -0.713. The third-order valence-electron chi connectivity index (χ3n) is 4.45. The number of rotatable bonds is 6. The standard InChI is InChI=1S/C22H18BrClN2O5/c1-4-7-31-19-11-16(23)13(9-18(19)30-3)8-15-20(27)25-22(29)26(21(15)28)14-6-5-12(2)17(24)10-14/h4-6,8-11H,1,7H2,2-3H3,(H,25,27,29)/b15-8-. The second-order valence-electron chi connectivity index (χ2n) is 6.52. The van der Waals surface area contributed by atoms with Gasteiger partial charge in [0.1, 0.15) is 12.2 Å². The minimum Gasteiger partial charge on any atom is -0.493 e. The second-order valence-corrected chi connectivity index (χ2v) is 7.78. The van der Waals surface area contributed by atoms with Crippen LogP contribution in [0, 0.1) is 6.92 Å². The number of anilines is 1. The van der Waals surface area contributed by atoms with Gasteiger partial charge in [-0.25, -0.2) is 9.69 Å². The van der Waals surface area contributed by atoms with Gasteiger partial charge in [-0.15, -0.1) is 0 Å². The fourth-order valence-electron chi connectivity index (χ4n) is 2.85. The summed E-state index contributed by atoms with van der Waals surface area (Å²) >= 11 is 9.55. The predicted octanol–water partition coefficient (Wildman–Crippen LogP) is 4.65. The van der Waals surface area contributed by atoms with Crippen LogP contribution in [0.3, 0.4) is 0 Å². The van der Waals surface area contributed by atoms with Crippen LogP contribution in [0.25, 0.3) is 6.08 Å².